The van der Waals surface area contributed by atoms with Gasteiger partial charge in [-0.25, -0.2) is 4.98 Å². The van der Waals surface area contributed by atoms with Crippen molar-refractivity contribution in [3.8, 4) is 11.5 Å². The van der Waals surface area contributed by atoms with Gasteiger partial charge in [0.1, 0.15) is 11.6 Å². The summed E-state index contributed by atoms with van der Waals surface area (Å²) in [5.41, 5.74) is 2.77. The number of carbonyl (C=O) groups excluding carboxylic acids is 3. The summed E-state index contributed by atoms with van der Waals surface area (Å²) in [6.07, 6.45) is 0. The van der Waals surface area contributed by atoms with E-state index >= 15 is 0 Å². The molecule has 1 N–H and O–H groups in total. The zero-order valence-corrected chi connectivity index (χ0v) is 19.2. The Morgan fingerprint density at radius 1 is 0.941 bits per heavy atom. The second-order valence-corrected chi connectivity index (χ2v) is 8.82. The molecular formula is C26H20ClN3O4. The van der Waals surface area contributed by atoms with Crippen LogP contribution in [0.4, 0.5) is 5.69 Å². The van der Waals surface area contributed by atoms with Crippen molar-refractivity contribution in [2.45, 2.75) is 19.9 Å². The molecule has 1 unspecified atom stereocenters. The minimum Gasteiger partial charge on any atom is -0.436 e. The molecule has 170 valence electrons. The lowest BCUT2D eigenvalue weighted by atomic mass is 10.0. The van der Waals surface area contributed by atoms with Crippen molar-refractivity contribution in [1.82, 2.24) is 9.88 Å². The normalized spacial score (nSPS) is 14.1. The molecule has 1 aliphatic heterocycles. The number of carbonyl (C=O) groups is 3. The second kappa shape index (κ2) is 8.43. The van der Waals surface area contributed by atoms with Crippen molar-refractivity contribution >= 4 is 46.1 Å². The van der Waals surface area contributed by atoms with Crippen LogP contribution in [-0.4, -0.2) is 33.6 Å². The largest absolute Gasteiger partial charge is 0.436 e. The van der Waals surface area contributed by atoms with Gasteiger partial charge in [0.05, 0.1) is 22.4 Å². The minimum absolute atomic E-state index is 0.302. The molecule has 4 aromatic rings. The van der Waals surface area contributed by atoms with E-state index in [9.17, 15) is 14.4 Å². The Morgan fingerprint density at radius 3 is 2.21 bits per heavy atom. The Bertz CT molecular complexity index is 1420. The first-order valence-corrected chi connectivity index (χ1v) is 11.2. The molecule has 0 fully saturated rings. The van der Waals surface area contributed by atoms with Gasteiger partial charge in [-0.3, -0.25) is 19.3 Å². The third-order valence-electron chi connectivity index (χ3n) is 5.77. The molecular weight excluding hydrogens is 454 g/mol. The van der Waals surface area contributed by atoms with E-state index < -0.39 is 23.8 Å². The van der Waals surface area contributed by atoms with Crippen LogP contribution >= 0.6 is 11.6 Å². The Kier molecular flexibility index (Phi) is 5.42. The van der Waals surface area contributed by atoms with Crippen LogP contribution < -0.4 is 5.32 Å². The minimum atomic E-state index is -0.997. The third-order valence-corrected chi connectivity index (χ3v) is 6.00. The van der Waals surface area contributed by atoms with Gasteiger partial charge in [-0.1, -0.05) is 49.7 Å². The van der Waals surface area contributed by atoms with E-state index in [2.05, 4.69) is 10.3 Å². The summed E-state index contributed by atoms with van der Waals surface area (Å²) < 4.78 is 5.88. The van der Waals surface area contributed by atoms with Crippen molar-refractivity contribution in [3.05, 3.63) is 82.9 Å². The van der Waals surface area contributed by atoms with E-state index in [0.717, 1.165) is 4.90 Å². The number of aromatic nitrogens is 1. The average Bonchev–Trinajstić information content (AvgIpc) is 3.34. The van der Waals surface area contributed by atoms with E-state index in [4.69, 9.17) is 16.0 Å². The molecule has 0 saturated carbocycles. The van der Waals surface area contributed by atoms with Crippen LogP contribution in [0.2, 0.25) is 5.02 Å². The van der Waals surface area contributed by atoms with Gasteiger partial charge in [-0.15, -0.1) is 0 Å². The Labute approximate surface area is 200 Å². The molecule has 1 atom stereocenters. The van der Waals surface area contributed by atoms with Crippen LogP contribution in [-0.2, 0) is 4.79 Å². The van der Waals surface area contributed by atoms with Gasteiger partial charge in [-0.05, 0) is 48.4 Å². The molecule has 3 aromatic carbocycles. The third kappa shape index (κ3) is 3.64. The summed E-state index contributed by atoms with van der Waals surface area (Å²) in [6.45, 7) is 3.59. The fourth-order valence-electron chi connectivity index (χ4n) is 4.18. The first kappa shape index (κ1) is 21.9. The lowest BCUT2D eigenvalue weighted by Crippen LogP contribution is -2.50. The summed E-state index contributed by atoms with van der Waals surface area (Å²) in [5, 5.41) is 3.42. The highest BCUT2D eigenvalue weighted by molar-refractivity contribution is 6.31. The lowest BCUT2D eigenvalue weighted by Gasteiger charge is -2.28. The molecule has 0 bridgehead atoms. The molecule has 0 saturated heterocycles. The van der Waals surface area contributed by atoms with E-state index in [1.54, 1.807) is 80.6 Å². The standard InChI is InChI=1S/C26H20ClN3O4/c1-14(2)22(30-25(32)16-7-3-4-8-17(16)26(30)33)23(31)28-19-10-6-5-9-18(19)24-29-20-13-15(27)11-12-21(20)34-24/h3-14,22H,1-2H3,(H,28,31). The van der Waals surface area contributed by atoms with E-state index in [-0.39, 0.29) is 5.92 Å². The topological polar surface area (TPSA) is 92.5 Å². The number of oxazole rings is 1. The zero-order chi connectivity index (χ0) is 24.0. The number of amides is 3. The van der Waals surface area contributed by atoms with Crippen LogP contribution in [0.25, 0.3) is 22.6 Å². The molecule has 0 aliphatic carbocycles. The maximum absolute atomic E-state index is 13.5. The Morgan fingerprint density at radius 2 is 1.56 bits per heavy atom. The van der Waals surface area contributed by atoms with Gasteiger partial charge in [-0.2, -0.15) is 0 Å². The smallest absolute Gasteiger partial charge is 0.262 e. The molecule has 1 aliphatic rings. The molecule has 3 amide bonds. The number of hydrogen-bond acceptors (Lipinski definition) is 5. The Balaban J connectivity index is 1.48. The lowest BCUT2D eigenvalue weighted by molar-refractivity contribution is -0.121. The summed E-state index contributed by atoms with van der Waals surface area (Å²) in [7, 11) is 0. The molecule has 5 rings (SSSR count). The van der Waals surface area contributed by atoms with Crippen LogP contribution in [0.1, 0.15) is 34.6 Å². The van der Waals surface area contributed by atoms with Crippen LogP contribution in [0, 0.1) is 5.92 Å². The number of nitrogens with zero attached hydrogens (tertiary/aromatic N) is 2. The number of anilines is 1. The number of nitrogens with one attached hydrogen (secondary N) is 1. The maximum Gasteiger partial charge on any atom is 0.262 e. The fraction of sp³-hybridized carbons (Fsp3) is 0.154. The molecule has 0 radical (unpaired) electrons. The SMILES string of the molecule is CC(C)C(C(=O)Nc1ccccc1-c1nc2cc(Cl)ccc2o1)N1C(=O)c2ccccc2C1=O. The van der Waals surface area contributed by atoms with Crippen LogP contribution in [0.3, 0.4) is 0 Å². The molecule has 0 spiro atoms. The van der Waals surface area contributed by atoms with Crippen LogP contribution in [0.5, 0.6) is 0 Å². The van der Waals surface area contributed by atoms with Crippen LogP contribution in [0.15, 0.2) is 71.1 Å². The maximum atomic E-state index is 13.5. The highest BCUT2D eigenvalue weighted by atomic mass is 35.5. The zero-order valence-electron chi connectivity index (χ0n) is 18.4. The predicted octanol–water partition coefficient (Wildman–Crippen LogP) is 5.41. The van der Waals surface area contributed by atoms with Gasteiger partial charge in [0, 0.05) is 5.02 Å². The number of hydrogen-bond donors (Lipinski definition) is 1. The molecule has 7 nitrogen and oxygen atoms in total. The monoisotopic (exact) mass is 473 g/mol. The molecule has 1 aromatic heterocycles. The highest BCUT2D eigenvalue weighted by Crippen LogP contribution is 2.32. The second-order valence-electron chi connectivity index (χ2n) is 8.38. The number of benzene rings is 3. The van der Waals surface area contributed by atoms with Crippen molar-refractivity contribution in [3.63, 3.8) is 0 Å². The summed E-state index contributed by atoms with van der Waals surface area (Å²) in [6, 6.07) is 17.8. The van der Waals surface area contributed by atoms with E-state index in [0.29, 0.717) is 44.4 Å². The van der Waals surface area contributed by atoms with E-state index in [1.165, 1.54) is 0 Å². The van der Waals surface area contributed by atoms with Crippen molar-refractivity contribution in [1.29, 1.82) is 0 Å². The number of rotatable bonds is 5. The molecule has 2 heterocycles. The summed E-state index contributed by atoms with van der Waals surface area (Å²) >= 11 is 6.06. The Hall–Kier alpha value is -3.97. The highest BCUT2D eigenvalue weighted by Gasteiger charge is 2.44. The van der Waals surface area contributed by atoms with E-state index in [1.807, 2.05) is 0 Å². The quantitative estimate of drug-likeness (QED) is 0.391. The first-order valence-electron chi connectivity index (χ1n) is 10.8. The van der Waals surface area contributed by atoms with Crippen molar-refractivity contribution < 1.29 is 18.8 Å². The molecule has 8 heteroatoms. The van der Waals surface area contributed by atoms with Gasteiger partial charge in [0.2, 0.25) is 11.8 Å². The fourth-order valence-corrected chi connectivity index (χ4v) is 4.35. The summed E-state index contributed by atoms with van der Waals surface area (Å²) in [4.78, 5) is 45.0. The van der Waals surface area contributed by atoms with Gasteiger partial charge < -0.3 is 9.73 Å². The van der Waals surface area contributed by atoms with Crippen molar-refractivity contribution in [2.24, 2.45) is 5.92 Å². The van der Waals surface area contributed by atoms with Gasteiger partial charge >= 0.3 is 0 Å². The average molecular weight is 474 g/mol. The van der Waals surface area contributed by atoms with Gasteiger partial charge in [0.25, 0.3) is 11.8 Å². The van der Waals surface area contributed by atoms with Crippen molar-refractivity contribution in [2.75, 3.05) is 5.32 Å². The summed E-state index contributed by atoms with van der Waals surface area (Å²) in [5.74, 6) is -1.43. The number of fused-ring (bicyclic) bond motifs is 2. The van der Waals surface area contributed by atoms with Gasteiger partial charge in [0.15, 0.2) is 5.58 Å². The number of halogens is 1. The molecule has 34 heavy (non-hydrogen) atoms. The first-order chi connectivity index (χ1) is 16.3. The predicted molar refractivity (Wildman–Crippen MR) is 129 cm³/mol. The number of imide groups is 1. The number of para-hydroxylation sites is 1.